The van der Waals surface area contributed by atoms with Gasteiger partial charge in [0.25, 0.3) is 5.56 Å². The zero-order valence-corrected chi connectivity index (χ0v) is 15.9. The average molecular weight is 379 g/mol. The van der Waals surface area contributed by atoms with Crippen LogP contribution in [0.2, 0.25) is 0 Å². The van der Waals surface area contributed by atoms with Crippen LogP contribution >= 0.6 is 0 Å². The van der Waals surface area contributed by atoms with Gasteiger partial charge in [0, 0.05) is 17.3 Å². The molecule has 3 aromatic rings. The molecule has 0 aliphatic heterocycles. The number of nitrogens with zero attached hydrogens (tertiary/aromatic N) is 2. The molecule has 2 aromatic carbocycles. The summed E-state index contributed by atoms with van der Waals surface area (Å²) < 4.78 is 11.8. The van der Waals surface area contributed by atoms with Crippen molar-refractivity contribution in [3.63, 3.8) is 0 Å². The quantitative estimate of drug-likeness (QED) is 0.712. The molecule has 1 heterocycles. The summed E-state index contributed by atoms with van der Waals surface area (Å²) >= 11 is 0. The van der Waals surface area contributed by atoms with Crippen LogP contribution in [0.25, 0.3) is 11.3 Å². The van der Waals surface area contributed by atoms with E-state index in [0.29, 0.717) is 28.4 Å². The molecule has 0 atom stereocenters. The van der Waals surface area contributed by atoms with Crippen LogP contribution in [0.1, 0.15) is 5.56 Å². The molecule has 0 aliphatic rings. The Hall–Kier alpha value is -3.61. The van der Waals surface area contributed by atoms with Gasteiger partial charge in [0.05, 0.1) is 19.9 Å². The summed E-state index contributed by atoms with van der Waals surface area (Å²) in [7, 11) is 3.12. The Labute approximate surface area is 162 Å². The number of aromatic nitrogens is 2. The van der Waals surface area contributed by atoms with Crippen molar-refractivity contribution in [2.24, 2.45) is 0 Å². The molecule has 3 rings (SSSR count). The van der Waals surface area contributed by atoms with E-state index in [9.17, 15) is 9.59 Å². The maximum atomic E-state index is 12.4. The van der Waals surface area contributed by atoms with Gasteiger partial charge in [0.15, 0.2) is 0 Å². The van der Waals surface area contributed by atoms with Crippen molar-refractivity contribution in [2.45, 2.75) is 13.5 Å². The predicted molar refractivity (Wildman–Crippen MR) is 107 cm³/mol. The van der Waals surface area contributed by atoms with Gasteiger partial charge in [-0.25, -0.2) is 4.68 Å². The molecular formula is C21H21N3O4. The second kappa shape index (κ2) is 8.39. The molecule has 1 N–H and O–H groups in total. The van der Waals surface area contributed by atoms with Gasteiger partial charge in [-0.15, -0.1) is 0 Å². The zero-order valence-electron chi connectivity index (χ0n) is 15.9. The van der Waals surface area contributed by atoms with Crippen LogP contribution in [0.5, 0.6) is 11.5 Å². The number of carbonyl (C=O) groups is 1. The first kappa shape index (κ1) is 19.2. The number of anilines is 1. The minimum atomic E-state index is -0.370. The molecular weight excluding hydrogens is 358 g/mol. The number of aryl methyl sites for hydroxylation is 1. The third-order valence-corrected chi connectivity index (χ3v) is 4.14. The van der Waals surface area contributed by atoms with Crippen molar-refractivity contribution < 1.29 is 14.3 Å². The monoisotopic (exact) mass is 379 g/mol. The van der Waals surface area contributed by atoms with Crippen molar-refractivity contribution >= 4 is 11.6 Å². The van der Waals surface area contributed by atoms with Crippen LogP contribution in [-0.4, -0.2) is 29.9 Å². The molecule has 7 nitrogen and oxygen atoms in total. The van der Waals surface area contributed by atoms with Crippen LogP contribution in [0.15, 0.2) is 59.4 Å². The highest BCUT2D eigenvalue weighted by atomic mass is 16.5. The first-order valence-corrected chi connectivity index (χ1v) is 8.67. The van der Waals surface area contributed by atoms with Gasteiger partial charge in [-0.1, -0.05) is 12.1 Å². The summed E-state index contributed by atoms with van der Waals surface area (Å²) in [4.78, 5) is 24.5. The van der Waals surface area contributed by atoms with Gasteiger partial charge in [0.1, 0.15) is 18.0 Å². The fourth-order valence-corrected chi connectivity index (χ4v) is 2.78. The summed E-state index contributed by atoms with van der Waals surface area (Å²) in [6, 6.07) is 15.7. The normalized spacial score (nSPS) is 10.4. The molecule has 0 bridgehead atoms. The van der Waals surface area contributed by atoms with Crippen molar-refractivity contribution in [2.75, 3.05) is 19.5 Å². The minimum Gasteiger partial charge on any atom is -0.497 e. The highest BCUT2D eigenvalue weighted by molar-refractivity contribution is 5.90. The second-order valence-corrected chi connectivity index (χ2v) is 6.20. The van der Waals surface area contributed by atoms with E-state index in [1.807, 2.05) is 25.1 Å². The number of amides is 1. The number of hydrogen-bond acceptors (Lipinski definition) is 5. The largest absolute Gasteiger partial charge is 0.497 e. The van der Waals surface area contributed by atoms with Crippen LogP contribution in [0.4, 0.5) is 5.69 Å². The smallest absolute Gasteiger partial charge is 0.267 e. The first-order valence-electron chi connectivity index (χ1n) is 8.67. The highest BCUT2D eigenvalue weighted by Crippen LogP contribution is 2.31. The highest BCUT2D eigenvalue weighted by Gasteiger charge is 2.13. The molecule has 7 heteroatoms. The molecule has 1 aromatic heterocycles. The lowest BCUT2D eigenvalue weighted by molar-refractivity contribution is -0.117. The number of nitrogens with one attached hydrogen (secondary N) is 1. The van der Waals surface area contributed by atoms with Crippen molar-refractivity contribution in [3.8, 4) is 22.8 Å². The summed E-state index contributed by atoms with van der Waals surface area (Å²) in [5.74, 6) is 0.880. The van der Waals surface area contributed by atoms with Crippen molar-refractivity contribution in [3.05, 3.63) is 70.5 Å². The molecule has 0 saturated carbocycles. The predicted octanol–water partition coefficient (Wildman–Crippen LogP) is 2.87. The fraction of sp³-hybridized carbons (Fsp3) is 0.190. The van der Waals surface area contributed by atoms with Gasteiger partial charge < -0.3 is 14.8 Å². The number of ether oxygens (including phenoxy) is 2. The Kier molecular flexibility index (Phi) is 5.74. The molecule has 0 unspecified atom stereocenters. The zero-order chi connectivity index (χ0) is 20.1. The third kappa shape index (κ3) is 4.37. The minimum absolute atomic E-state index is 0.201. The van der Waals surface area contributed by atoms with E-state index >= 15 is 0 Å². The Balaban J connectivity index is 1.88. The van der Waals surface area contributed by atoms with Crippen LogP contribution in [0, 0.1) is 6.92 Å². The standard InChI is InChI=1S/C21H21N3O4/c1-14-5-4-6-15(11-14)22-20(25)13-24-21(26)10-8-18(23-24)17-12-16(27-2)7-9-19(17)28-3/h4-12H,13H2,1-3H3,(H,22,25). The number of carbonyl (C=O) groups excluding carboxylic acids is 1. The first-order chi connectivity index (χ1) is 13.5. The van der Waals surface area contributed by atoms with E-state index in [-0.39, 0.29) is 18.0 Å². The Morgan fingerprint density at radius 2 is 1.89 bits per heavy atom. The summed E-state index contributed by atoms with van der Waals surface area (Å²) in [6.07, 6.45) is 0. The lowest BCUT2D eigenvalue weighted by Gasteiger charge is -2.12. The molecule has 28 heavy (non-hydrogen) atoms. The van der Waals surface area contributed by atoms with Crippen LogP contribution < -0.4 is 20.3 Å². The van der Waals surface area contributed by atoms with Gasteiger partial charge in [0.2, 0.25) is 5.91 Å². The average Bonchev–Trinajstić information content (AvgIpc) is 2.69. The Morgan fingerprint density at radius 1 is 1.07 bits per heavy atom. The molecule has 0 radical (unpaired) electrons. The maximum Gasteiger partial charge on any atom is 0.267 e. The van der Waals surface area contributed by atoms with Gasteiger partial charge in [-0.2, -0.15) is 5.10 Å². The van der Waals surface area contributed by atoms with E-state index in [4.69, 9.17) is 9.47 Å². The molecule has 0 fully saturated rings. The Morgan fingerprint density at radius 3 is 2.61 bits per heavy atom. The van der Waals surface area contributed by atoms with E-state index < -0.39 is 0 Å². The van der Waals surface area contributed by atoms with Crippen LogP contribution in [-0.2, 0) is 11.3 Å². The number of benzene rings is 2. The summed E-state index contributed by atoms with van der Waals surface area (Å²) in [5, 5.41) is 7.11. The fourth-order valence-electron chi connectivity index (χ4n) is 2.78. The van der Waals surface area contributed by atoms with E-state index in [1.54, 1.807) is 44.6 Å². The number of hydrogen-bond donors (Lipinski definition) is 1. The maximum absolute atomic E-state index is 12.4. The van der Waals surface area contributed by atoms with Crippen molar-refractivity contribution in [1.29, 1.82) is 0 Å². The van der Waals surface area contributed by atoms with E-state index in [0.717, 1.165) is 10.2 Å². The molecule has 1 amide bonds. The second-order valence-electron chi connectivity index (χ2n) is 6.20. The third-order valence-electron chi connectivity index (χ3n) is 4.14. The number of rotatable bonds is 6. The lowest BCUT2D eigenvalue weighted by atomic mass is 10.1. The summed E-state index contributed by atoms with van der Waals surface area (Å²) in [5.41, 5.74) is 2.49. The molecule has 144 valence electrons. The number of methoxy groups -OCH3 is 2. The van der Waals surface area contributed by atoms with E-state index in [1.165, 1.54) is 6.07 Å². The lowest BCUT2D eigenvalue weighted by Crippen LogP contribution is -2.29. The Bertz CT molecular complexity index is 1060. The molecule has 0 saturated heterocycles. The summed E-state index contributed by atoms with van der Waals surface area (Å²) in [6.45, 7) is 1.74. The van der Waals surface area contributed by atoms with Gasteiger partial charge in [-0.05, 0) is 48.9 Å². The van der Waals surface area contributed by atoms with E-state index in [2.05, 4.69) is 10.4 Å². The molecule has 0 aliphatic carbocycles. The topological polar surface area (TPSA) is 82.5 Å². The SMILES string of the molecule is COc1ccc(OC)c(-c2ccc(=O)n(CC(=O)Nc3cccc(C)c3)n2)c1. The van der Waals surface area contributed by atoms with Gasteiger partial charge in [-0.3, -0.25) is 9.59 Å². The van der Waals surface area contributed by atoms with Crippen LogP contribution in [0.3, 0.4) is 0 Å². The van der Waals surface area contributed by atoms with Gasteiger partial charge >= 0.3 is 0 Å². The van der Waals surface area contributed by atoms with Crippen molar-refractivity contribution in [1.82, 2.24) is 9.78 Å². The molecule has 0 spiro atoms.